The molecule has 0 bridgehead atoms. The molecule has 3 heterocycles. The van der Waals surface area contributed by atoms with E-state index in [0.29, 0.717) is 5.69 Å². The molecule has 14 heteroatoms. The number of nitrogens with one attached hydrogen (secondary N) is 1. The second kappa shape index (κ2) is 11.3. The highest BCUT2D eigenvalue weighted by Crippen LogP contribution is 2.33. The fourth-order valence-corrected chi connectivity index (χ4v) is 5.59. The lowest BCUT2D eigenvalue weighted by Crippen LogP contribution is -2.29. The number of nitrogens with zero attached hydrogens (tertiary/aromatic N) is 3. The molecule has 2 amide bonds. The lowest BCUT2D eigenvalue weighted by Gasteiger charge is -2.18. The van der Waals surface area contributed by atoms with Gasteiger partial charge in [0.25, 0.3) is 5.56 Å². The molecule has 1 N–H and O–H groups in total. The molecule has 0 radical (unpaired) electrons. The second-order valence-electron chi connectivity index (χ2n) is 9.36. The molecule has 1 atom stereocenters. The average Bonchev–Trinajstić information content (AvgIpc) is 3.53. The number of thiophene rings is 1. The first-order valence-corrected chi connectivity index (χ1v) is 13.6. The van der Waals surface area contributed by atoms with Gasteiger partial charge in [-0.2, -0.15) is 9.78 Å². The zero-order chi connectivity index (χ0) is 30.2. The van der Waals surface area contributed by atoms with Crippen molar-refractivity contribution in [1.29, 1.82) is 0 Å². The molecule has 42 heavy (non-hydrogen) atoms. The molecular weight excluding hydrogens is 577 g/mol. The van der Waals surface area contributed by atoms with Crippen molar-refractivity contribution in [3.8, 4) is 11.4 Å². The Morgan fingerprint density at radius 1 is 1.12 bits per heavy atom. The largest absolute Gasteiger partial charge is 0.573 e. The smallest absolute Gasteiger partial charge is 0.461 e. The maximum Gasteiger partial charge on any atom is 0.573 e. The van der Waals surface area contributed by atoms with Gasteiger partial charge in [-0.15, -0.1) is 24.5 Å². The first kappa shape index (κ1) is 28.8. The van der Waals surface area contributed by atoms with Crippen LogP contribution in [0.5, 0.6) is 5.75 Å². The number of esters is 1. The van der Waals surface area contributed by atoms with E-state index in [0.717, 1.165) is 33.7 Å². The standard InChI is InChI=1S/C28H23F3N4O6S/c1-3-40-27(39)23-19-14-42-25(32-24(37)16-12-21(36)34(13-16)20-7-5-4-6-15(20)2)22(19)26(38)35(33-23)17-8-10-18(11-9-17)41-28(29,30)31/h4-11,14,16H,3,12-13H2,1-2H3,(H,32,37). The fourth-order valence-electron chi connectivity index (χ4n) is 4.65. The summed E-state index contributed by atoms with van der Waals surface area (Å²) in [6.07, 6.45) is -4.94. The van der Waals surface area contributed by atoms with Crippen LogP contribution in [-0.2, 0) is 14.3 Å². The van der Waals surface area contributed by atoms with E-state index in [9.17, 15) is 32.3 Å². The van der Waals surface area contributed by atoms with E-state index in [4.69, 9.17) is 4.74 Å². The van der Waals surface area contributed by atoms with Gasteiger partial charge in [-0.3, -0.25) is 14.4 Å². The molecule has 0 saturated carbocycles. The van der Waals surface area contributed by atoms with Gasteiger partial charge in [0.1, 0.15) is 10.8 Å². The number of aryl methyl sites for hydroxylation is 1. The Bertz CT molecular complexity index is 1750. The van der Waals surface area contributed by atoms with E-state index in [2.05, 4.69) is 15.2 Å². The number of para-hydroxylation sites is 1. The topological polar surface area (TPSA) is 120 Å². The summed E-state index contributed by atoms with van der Waals surface area (Å²) >= 11 is 0.990. The Morgan fingerprint density at radius 3 is 2.50 bits per heavy atom. The molecule has 10 nitrogen and oxygen atoms in total. The summed E-state index contributed by atoms with van der Waals surface area (Å²) < 4.78 is 47.6. The van der Waals surface area contributed by atoms with E-state index >= 15 is 0 Å². The van der Waals surface area contributed by atoms with Crippen molar-refractivity contribution in [3.63, 3.8) is 0 Å². The summed E-state index contributed by atoms with van der Waals surface area (Å²) in [5.74, 6) is -2.75. The minimum atomic E-state index is -4.91. The van der Waals surface area contributed by atoms with Crippen LogP contribution in [0.3, 0.4) is 0 Å². The number of hydrogen-bond acceptors (Lipinski definition) is 8. The number of carbonyl (C=O) groups is 3. The van der Waals surface area contributed by atoms with Crippen LogP contribution >= 0.6 is 11.3 Å². The monoisotopic (exact) mass is 600 g/mol. The first-order valence-electron chi connectivity index (χ1n) is 12.7. The number of rotatable bonds is 7. The van der Waals surface area contributed by atoms with E-state index in [1.807, 2.05) is 19.1 Å². The van der Waals surface area contributed by atoms with Crippen molar-refractivity contribution in [1.82, 2.24) is 9.78 Å². The molecule has 4 aromatic rings. The molecule has 218 valence electrons. The molecule has 1 saturated heterocycles. The number of aromatic nitrogens is 2. The Hall–Kier alpha value is -4.72. The Balaban J connectivity index is 1.49. The third-order valence-electron chi connectivity index (χ3n) is 6.57. The zero-order valence-electron chi connectivity index (χ0n) is 22.2. The van der Waals surface area contributed by atoms with E-state index < -0.39 is 35.5 Å². The number of fused-ring (bicyclic) bond motifs is 1. The number of alkyl halides is 3. The highest BCUT2D eigenvalue weighted by Gasteiger charge is 2.36. The van der Waals surface area contributed by atoms with Gasteiger partial charge in [0.2, 0.25) is 11.8 Å². The molecule has 2 aromatic carbocycles. The molecule has 5 rings (SSSR count). The van der Waals surface area contributed by atoms with Crippen LogP contribution in [0, 0.1) is 12.8 Å². The molecule has 0 spiro atoms. The normalized spacial score (nSPS) is 15.2. The SMILES string of the molecule is CCOC(=O)c1nn(-c2ccc(OC(F)(F)F)cc2)c(=O)c2c(NC(=O)C3CC(=O)N(c4ccccc4C)C3)scc12. The minimum Gasteiger partial charge on any atom is -0.461 e. The summed E-state index contributed by atoms with van der Waals surface area (Å²) in [4.78, 5) is 54.0. The third kappa shape index (κ3) is 5.70. The van der Waals surface area contributed by atoms with Gasteiger partial charge in [-0.05, 0) is 49.7 Å². The Labute approximate surface area is 240 Å². The molecule has 1 unspecified atom stereocenters. The van der Waals surface area contributed by atoms with Crippen LogP contribution < -0.4 is 20.5 Å². The van der Waals surface area contributed by atoms with Crippen molar-refractivity contribution in [2.24, 2.45) is 5.92 Å². The van der Waals surface area contributed by atoms with Crippen LogP contribution in [0.2, 0.25) is 0 Å². The minimum absolute atomic E-state index is 0.0193. The Morgan fingerprint density at radius 2 is 1.83 bits per heavy atom. The molecule has 1 fully saturated rings. The zero-order valence-corrected chi connectivity index (χ0v) is 23.0. The molecular formula is C28H23F3N4O6S. The number of anilines is 2. The van der Waals surface area contributed by atoms with Gasteiger partial charge in [-0.25, -0.2) is 4.79 Å². The predicted molar refractivity (Wildman–Crippen MR) is 148 cm³/mol. The van der Waals surface area contributed by atoms with Gasteiger partial charge in [0.05, 0.1) is 23.6 Å². The van der Waals surface area contributed by atoms with Crippen molar-refractivity contribution >= 4 is 50.6 Å². The van der Waals surface area contributed by atoms with E-state index in [1.54, 1.807) is 24.0 Å². The number of halogens is 3. The van der Waals surface area contributed by atoms with E-state index in [-0.39, 0.29) is 52.6 Å². The number of amides is 2. The van der Waals surface area contributed by atoms with Crippen LogP contribution in [0.15, 0.2) is 58.7 Å². The second-order valence-corrected chi connectivity index (χ2v) is 10.2. The molecule has 2 aromatic heterocycles. The summed E-state index contributed by atoms with van der Waals surface area (Å²) in [7, 11) is 0. The lowest BCUT2D eigenvalue weighted by atomic mass is 10.1. The Kier molecular flexibility index (Phi) is 7.73. The third-order valence-corrected chi connectivity index (χ3v) is 7.47. The van der Waals surface area contributed by atoms with Gasteiger partial charge >= 0.3 is 12.3 Å². The van der Waals surface area contributed by atoms with Gasteiger partial charge in [0.15, 0.2) is 5.69 Å². The van der Waals surface area contributed by atoms with Crippen molar-refractivity contribution < 1.29 is 37.0 Å². The number of carbonyl (C=O) groups excluding carboxylic acids is 3. The molecule has 0 aliphatic carbocycles. The summed E-state index contributed by atoms with van der Waals surface area (Å²) in [5, 5.41) is 8.57. The fraction of sp³-hybridized carbons (Fsp3) is 0.250. The highest BCUT2D eigenvalue weighted by atomic mass is 32.1. The number of ether oxygens (including phenoxy) is 2. The number of benzene rings is 2. The van der Waals surface area contributed by atoms with Crippen LogP contribution in [-0.4, -0.2) is 47.1 Å². The van der Waals surface area contributed by atoms with E-state index in [1.165, 1.54) is 17.5 Å². The van der Waals surface area contributed by atoms with Crippen molar-refractivity contribution in [2.75, 3.05) is 23.4 Å². The first-order chi connectivity index (χ1) is 20.0. The highest BCUT2D eigenvalue weighted by molar-refractivity contribution is 7.16. The van der Waals surface area contributed by atoms with Gasteiger partial charge in [0, 0.05) is 29.4 Å². The summed E-state index contributed by atoms with van der Waals surface area (Å²) in [6, 6.07) is 11.7. The predicted octanol–water partition coefficient (Wildman–Crippen LogP) is 4.82. The summed E-state index contributed by atoms with van der Waals surface area (Å²) in [6.45, 7) is 3.62. The maximum absolute atomic E-state index is 13.6. The van der Waals surface area contributed by atoms with Crippen molar-refractivity contribution in [3.05, 3.63) is 75.5 Å². The molecule has 1 aliphatic heterocycles. The quantitative estimate of drug-likeness (QED) is 0.302. The van der Waals surface area contributed by atoms with Crippen LogP contribution in [0.1, 0.15) is 29.4 Å². The number of hydrogen-bond donors (Lipinski definition) is 1. The summed E-state index contributed by atoms with van der Waals surface area (Å²) in [5.41, 5.74) is 0.678. The molecule has 1 aliphatic rings. The maximum atomic E-state index is 13.6. The van der Waals surface area contributed by atoms with Crippen molar-refractivity contribution in [2.45, 2.75) is 26.6 Å². The lowest BCUT2D eigenvalue weighted by molar-refractivity contribution is -0.274. The van der Waals surface area contributed by atoms with Crippen LogP contribution in [0.25, 0.3) is 16.5 Å². The van der Waals surface area contributed by atoms with Crippen LogP contribution in [0.4, 0.5) is 23.9 Å². The average molecular weight is 601 g/mol. The van der Waals surface area contributed by atoms with Gasteiger partial charge < -0.3 is 19.7 Å². The van der Waals surface area contributed by atoms with Gasteiger partial charge in [-0.1, -0.05) is 18.2 Å².